The highest BCUT2D eigenvalue weighted by molar-refractivity contribution is 6.00. The molecule has 1 aromatic carbocycles. The number of hydrogen-bond donors (Lipinski definition) is 2. The van der Waals surface area contributed by atoms with Gasteiger partial charge in [-0.2, -0.15) is 0 Å². The quantitative estimate of drug-likeness (QED) is 0.505. The van der Waals surface area contributed by atoms with Gasteiger partial charge in [-0.15, -0.1) is 0 Å². The van der Waals surface area contributed by atoms with Crippen molar-refractivity contribution in [3.63, 3.8) is 0 Å². The number of benzene rings is 1. The molecular formula is C15H22N2O3. The van der Waals surface area contributed by atoms with Gasteiger partial charge in [-0.3, -0.25) is 0 Å². The molecule has 20 heavy (non-hydrogen) atoms. The highest BCUT2D eigenvalue weighted by Gasteiger charge is 2.18. The number of oxime groups is 1. The van der Waals surface area contributed by atoms with Crippen molar-refractivity contribution in [3.05, 3.63) is 35.9 Å². The molecule has 0 bridgehead atoms. The van der Waals surface area contributed by atoms with Gasteiger partial charge in [-0.25, -0.2) is 4.79 Å². The van der Waals surface area contributed by atoms with E-state index in [2.05, 4.69) is 10.5 Å². The topological polar surface area (TPSA) is 70.9 Å². The molecule has 0 radical (unpaired) electrons. The fourth-order valence-electron chi connectivity index (χ4n) is 1.70. The van der Waals surface area contributed by atoms with E-state index in [1.54, 1.807) is 0 Å². The van der Waals surface area contributed by atoms with E-state index < -0.39 is 11.7 Å². The standard InChI is InChI=1S/C15H22N2O3/c1-11(16-14(18)20-15(2,3)4)10-13(17-19)12-8-6-5-7-9-12/h5-9,11,19H,10H2,1-4H3,(H,16,18)/b17-13+/t11-/m1/s1. The van der Waals surface area contributed by atoms with Crippen LogP contribution in [0, 0.1) is 0 Å². The zero-order valence-corrected chi connectivity index (χ0v) is 12.4. The lowest BCUT2D eigenvalue weighted by atomic mass is 10.0. The van der Waals surface area contributed by atoms with Gasteiger partial charge in [0.25, 0.3) is 0 Å². The predicted molar refractivity (Wildman–Crippen MR) is 78.2 cm³/mol. The molecule has 0 spiro atoms. The van der Waals surface area contributed by atoms with Crippen molar-refractivity contribution in [2.45, 2.75) is 45.8 Å². The van der Waals surface area contributed by atoms with E-state index in [-0.39, 0.29) is 6.04 Å². The monoisotopic (exact) mass is 278 g/mol. The van der Waals surface area contributed by atoms with Crippen LogP contribution in [0.25, 0.3) is 0 Å². The molecule has 0 fully saturated rings. The van der Waals surface area contributed by atoms with Crippen LogP contribution in [0.5, 0.6) is 0 Å². The van der Waals surface area contributed by atoms with Gasteiger partial charge in [-0.1, -0.05) is 35.5 Å². The number of hydrogen-bond acceptors (Lipinski definition) is 4. The second-order valence-electron chi connectivity index (χ2n) is 5.66. The van der Waals surface area contributed by atoms with Crippen LogP contribution in [0.1, 0.15) is 39.7 Å². The van der Waals surface area contributed by atoms with Crippen LogP contribution in [0.4, 0.5) is 4.79 Å². The molecule has 1 rings (SSSR count). The Kier molecular flexibility index (Phi) is 5.55. The summed E-state index contributed by atoms with van der Waals surface area (Å²) in [5.41, 5.74) is 0.818. The number of carbonyl (C=O) groups is 1. The molecule has 0 aliphatic rings. The summed E-state index contributed by atoms with van der Waals surface area (Å²) in [6, 6.07) is 9.14. The molecule has 0 unspecified atom stereocenters. The molecule has 0 aliphatic heterocycles. The molecule has 2 N–H and O–H groups in total. The van der Waals surface area contributed by atoms with Gasteiger partial charge < -0.3 is 15.3 Å². The molecule has 0 saturated heterocycles. The Labute approximate surface area is 119 Å². The first kappa shape index (κ1) is 16.0. The van der Waals surface area contributed by atoms with Crippen molar-refractivity contribution in [3.8, 4) is 0 Å². The Hall–Kier alpha value is -2.04. The summed E-state index contributed by atoms with van der Waals surface area (Å²) >= 11 is 0. The smallest absolute Gasteiger partial charge is 0.407 e. The summed E-state index contributed by atoms with van der Waals surface area (Å²) in [6.07, 6.45) is -0.0601. The molecule has 1 atom stereocenters. The molecule has 1 amide bonds. The second kappa shape index (κ2) is 6.93. The van der Waals surface area contributed by atoms with E-state index >= 15 is 0 Å². The predicted octanol–water partition coefficient (Wildman–Crippen LogP) is 3.17. The summed E-state index contributed by atoms with van der Waals surface area (Å²) in [6.45, 7) is 7.25. The lowest BCUT2D eigenvalue weighted by Crippen LogP contribution is -2.38. The maximum atomic E-state index is 11.6. The van der Waals surface area contributed by atoms with Crippen molar-refractivity contribution in [2.75, 3.05) is 0 Å². The fraction of sp³-hybridized carbons (Fsp3) is 0.467. The number of rotatable bonds is 4. The summed E-state index contributed by atoms with van der Waals surface area (Å²) in [4.78, 5) is 11.6. The third-order valence-corrected chi connectivity index (χ3v) is 2.49. The molecule has 5 heteroatoms. The van der Waals surface area contributed by atoms with E-state index in [4.69, 9.17) is 9.94 Å². The molecular weight excluding hydrogens is 256 g/mol. The van der Waals surface area contributed by atoms with Crippen LogP contribution in [0.2, 0.25) is 0 Å². The second-order valence-corrected chi connectivity index (χ2v) is 5.66. The van der Waals surface area contributed by atoms with E-state index in [1.165, 1.54) is 0 Å². The van der Waals surface area contributed by atoms with Crippen molar-refractivity contribution in [1.29, 1.82) is 0 Å². The van der Waals surface area contributed by atoms with Gasteiger partial charge in [-0.05, 0) is 33.3 Å². The van der Waals surface area contributed by atoms with Crippen molar-refractivity contribution >= 4 is 11.8 Å². The van der Waals surface area contributed by atoms with Gasteiger partial charge >= 0.3 is 6.09 Å². The number of carbonyl (C=O) groups excluding carboxylic acids is 1. The van der Waals surface area contributed by atoms with Gasteiger partial charge in [0.05, 0.1) is 5.71 Å². The van der Waals surface area contributed by atoms with Crippen molar-refractivity contribution in [2.24, 2.45) is 5.16 Å². The van der Waals surface area contributed by atoms with Gasteiger partial charge in [0.2, 0.25) is 0 Å². The van der Waals surface area contributed by atoms with E-state index in [9.17, 15) is 4.79 Å². The Bertz CT molecular complexity index is 464. The lowest BCUT2D eigenvalue weighted by Gasteiger charge is -2.22. The molecule has 0 aliphatic carbocycles. The third kappa shape index (κ3) is 5.73. The first-order chi connectivity index (χ1) is 9.31. The SMILES string of the molecule is C[C@H](C/C(=N\O)c1ccccc1)NC(=O)OC(C)(C)C. The summed E-state index contributed by atoms with van der Waals surface area (Å²) in [5, 5.41) is 15.1. The molecule has 0 saturated carbocycles. The highest BCUT2D eigenvalue weighted by atomic mass is 16.6. The van der Waals surface area contributed by atoms with E-state index in [0.29, 0.717) is 12.1 Å². The molecule has 1 aromatic rings. The lowest BCUT2D eigenvalue weighted by molar-refractivity contribution is 0.0510. The maximum absolute atomic E-state index is 11.6. The normalized spacial score (nSPS) is 13.7. The van der Waals surface area contributed by atoms with Crippen LogP contribution in [-0.2, 0) is 4.74 Å². The van der Waals surface area contributed by atoms with Crippen molar-refractivity contribution in [1.82, 2.24) is 5.32 Å². The summed E-state index contributed by atoms with van der Waals surface area (Å²) < 4.78 is 5.18. The third-order valence-electron chi connectivity index (χ3n) is 2.49. The minimum absolute atomic E-state index is 0.198. The zero-order valence-electron chi connectivity index (χ0n) is 12.4. The molecule has 5 nitrogen and oxygen atoms in total. The van der Waals surface area contributed by atoms with Crippen LogP contribution in [0.15, 0.2) is 35.5 Å². The Morgan fingerprint density at radius 2 is 1.95 bits per heavy atom. The van der Waals surface area contributed by atoms with Crippen LogP contribution >= 0.6 is 0 Å². The zero-order chi connectivity index (χ0) is 15.2. The summed E-state index contributed by atoms with van der Waals surface area (Å²) in [5.74, 6) is 0. The molecule has 0 aromatic heterocycles. The molecule has 110 valence electrons. The highest BCUT2D eigenvalue weighted by Crippen LogP contribution is 2.09. The first-order valence-electron chi connectivity index (χ1n) is 6.57. The van der Waals surface area contributed by atoms with Crippen LogP contribution < -0.4 is 5.32 Å². The van der Waals surface area contributed by atoms with Crippen LogP contribution in [-0.4, -0.2) is 28.7 Å². The number of ether oxygens (including phenoxy) is 1. The number of alkyl carbamates (subject to hydrolysis) is 1. The Morgan fingerprint density at radius 1 is 1.35 bits per heavy atom. The van der Waals surface area contributed by atoms with Crippen molar-refractivity contribution < 1.29 is 14.7 Å². The largest absolute Gasteiger partial charge is 0.444 e. The van der Waals surface area contributed by atoms with E-state index in [1.807, 2.05) is 58.0 Å². The first-order valence-corrected chi connectivity index (χ1v) is 6.57. The van der Waals surface area contributed by atoms with Crippen LogP contribution in [0.3, 0.4) is 0 Å². The van der Waals surface area contributed by atoms with Gasteiger partial charge in [0.1, 0.15) is 5.60 Å². The number of nitrogens with zero attached hydrogens (tertiary/aromatic N) is 1. The fourth-order valence-corrected chi connectivity index (χ4v) is 1.70. The van der Waals surface area contributed by atoms with Gasteiger partial charge in [0.15, 0.2) is 0 Å². The number of nitrogens with one attached hydrogen (secondary N) is 1. The minimum Gasteiger partial charge on any atom is -0.444 e. The number of amides is 1. The molecule has 0 heterocycles. The van der Waals surface area contributed by atoms with Gasteiger partial charge in [0, 0.05) is 12.5 Å². The maximum Gasteiger partial charge on any atom is 0.407 e. The Balaban J connectivity index is 2.57. The minimum atomic E-state index is -0.531. The average Bonchev–Trinajstić information content (AvgIpc) is 2.34. The Morgan fingerprint density at radius 3 is 2.45 bits per heavy atom. The summed E-state index contributed by atoms with van der Waals surface area (Å²) in [7, 11) is 0. The van der Waals surface area contributed by atoms with E-state index in [0.717, 1.165) is 5.56 Å². The average molecular weight is 278 g/mol.